The van der Waals surface area contributed by atoms with Crippen molar-refractivity contribution < 1.29 is 14.3 Å². The Morgan fingerprint density at radius 2 is 1.97 bits per heavy atom. The van der Waals surface area contributed by atoms with Crippen molar-refractivity contribution in [3.05, 3.63) is 58.9 Å². The number of ether oxygens (including phenoxy) is 1. The van der Waals surface area contributed by atoms with Crippen LogP contribution in [0.2, 0.25) is 0 Å². The molecule has 0 saturated heterocycles. The van der Waals surface area contributed by atoms with Crippen molar-refractivity contribution in [2.75, 3.05) is 6.54 Å². The van der Waals surface area contributed by atoms with E-state index in [0.29, 0.717) is 6.54 Å². The van der Waals surface area contributed by atoms with Crippen LogP contribution in [0.15, 0.2) is 42.0 Å². The third-order valence-corrected chi connectivity index (χ3v) is 5.57. The topological polar surface area (TPSA) is 73.2 Å². The lowest BCUT2D eigenvalue weighted by molar-refractivity contribution is -0.154. The molecule has 1 atom stereocenters. The Balaban J connectivity index is 1.51. The van der Waals surface area contributed by atoms with E-state index >= 15 is 0 Å². The molecule has 1 heterocycles. The van der Waals surface area contributed by atoms with Crippen molar-refractivity contribution in [1.82, 2.24) is 15.1 Å². The molecule has 0 saturated carbocycles. The summed E-state index contributed by atoms with van der Waals surface area (Å²) in [4.78, 5) is 24.7. The number of hydrogen-bond donors (Lipinski definition) is 1. The second kappa shape index (κ2) is 10.2. The van der Waals surface area contributed by atoms with Crippen LogP contribution in [-0.4, -0.2) is 34.3 Å². The van der Waals surface area contributed by atoms with Gasteiger partial charge in [0.2, 0.25) is 0 Å². The van der Waals surface area contributed by atoms with Gasteiger partial charge in [-0.15, -0.1) is 0 Å². The number of aryl methyl sites for hydroxylation is 1. The maximum Gasteiger partial charge on any atom is 0.311 e. The molecule has 1 aliphatic rings. The van der Waals surface area contributed by atoms with Gasteiger partial charge < -0.3 is 10.1 Å². The number of esters is 1. The molecule has 0 spiro atoms. The van der Waals surface area contributed by atoms with Crippen molar-refractivity contribution >= 4 is 11.9 Å². The van der Waals surface area contributed by atoms with Crippen molar-refractivity contribution in [2.24, 2.45) is 0 Å². The van der Waals surface area contributed by atoms with E-state index in [2.05, 4.69) is 16.5 Å². The van der Waals surface area contributed by atoms with E-state index in [9.17, 15) is 9.59 Å². The number of nitrogens with zero attached hydrogens (tertiary/aromatic N) is 2. The summed E-state index contributed by atoms with van der Waals surface area (Å²) in [6.45, 7) is 6.01. The molecule has 1 amide bonds. The van der Waals surface area contributed by atoms with E-state index in [1.807, 2.05) is 48.9 Å². The molecular formula is C24H31N3O3. The van der Waals surface area contributed by atoms with Gasteiger partial charge in [-0.2, -0.15) is 5.10 Å². The van der Waals surface area contributed by atoms with Gasteiger partial charge in [-0.1, -0.05) is 29.8 Å². The maximum absolute atomic E-state index is 12.5. The molecule has 6 nitrogen and oxygen atoms in total. The molecule has 0 bridgehead atoms. The maximum atomic E-state index is 12.5. The minimum atomic E-state index is -0.817. The zero-order valence-electron chi connectivity index (χ0n) is 18.1. The average molecular weight is 410 g/mol. The first kappa shape index (κ1) is 21.8. The summed E-state index contributed by atoms with van der Waals surface area (Å²) < 4.78 is 7.21. The summed E-state index contributed by atoms with van der Waals surface area (Å²) in [5.41, 5.74) is 4.87. The number of carbonyl (C=O) groups excluding carboxylic acids is 2. The number of rotatable bonds is 8. The zero-order valence-corrected chi connectivity index (χ0v) is 18.1. The minimum absolute atomic E-state index is 0.0923. The molecule has 0 aliphatic heterocycles. The first-order chi connectivity index (χ1) is 14.5. The van der Waals surface area contributed by atoms with Crippen LogP contribution in [-0.2, 0) is 20.7 Å². The molecule has 0 radical (unpaired) electrons. The highest BCUT2D eigenvalue weighted by Gasteiger charge is 2.21. The summed E-state index contributed by atoms with van der Waals surface area (Å²) in [7, 11) is 0. The van der Waals surface area contributed by atoms with Gasteiger partial charge in [0, 0.05) is 17.8 Å². The normalized spacial score (nSPS) is 14.7. The largest absolute Gasteiger partial charge is 0.452 e. The van der Waals surface area contributed by atoms with E-state index in [-0.39, 0.29) is 12.3 Å². The number of allylic oxidation sites excluding steroid dienone is 1. The Kier molecular flexibility index (Phi) is 7.44. The van der Waals surface area contributed by atoms with Gasteiger partial charge in [0.25, 0.3) is 5.91 Å². The number of nitrogens with one attached hydrogen (secondary N) is 1. The summed E-state index contributed by atoms with van der Waals surface area (Å²) >= 11 is 0. The highest BCUT2D eigenvalue weighted by atomic mass is 16.5. The molecule has 160 valence electrons. The van der Waals surface area contributed by atoms with E-state index < -0.39 is 12.1 Å². The lowest BCUT2D eigenvalue weighted by Gasteiger charge is -2.15. The molecule has 2 aromatic rings. The van der Waals surface area contributed by atoms with E-state index in [0.717, 1.165) is 41.9 Å². The Bertz CT molecular complexity index is 915. The molecule has 0 fully saturated rings. The Hall–Kier alpha value is -2.89. The smallest absolute Gasteiger partial charge is 0.311 e. The first-order valence-corrected chi connectivity index (χ1v) is 10.7. The van der Waals surface area contributed by atoms with Crippen LogP contribution in [0.4, 0.5) is 0 Å². The predicted octanol–water partition coefficient (Wildman–Crippen LogP) is 3.97. The fourth-order valence-corrected chi connectivity index (χ4v) is 3.81. The van der Waals surface area contributed by atoms with E-state index in [1.54, 1.807) is 6.92 Å². The lowest BCUT2D eigenvalue weighted by Crippen LogP contribution is -2.36. The van der Waals surface area contributed by atoms with Crippen molar-refractivity contribution in [2.45, 2.75) is 65.4 Å². The number of carbonyl (C=O) groups is 2. The predicted molar refractivity (Wildman–Crippen MR) is 116 cm³/mol. The number of para-hydroxylation sites is 1. The van der Waals surface area contributed by atoms with Crippen molar-refractivity contribution in [3.63, 3.8) is 0 Å². The summed E-state index contributed by atoms with van der Waals surface area (Å²) in [6, 6.07) is 9.79. The molecule has 1 aromatic carbocycles. The Morgan fingerprint density at radius 3 is 2.67 bits per heavy atom. The van der Waals surface area contributed by atoms with Crippen LogP contribution >= 0.6 is 0 Å². The Morgan fingerprint density at radius 1 is 1.20 bits per heavy atom. The fraction of sp³-hybridized carbons (Fsp3) is 0.458. The summed E-state index contributed by atoms with van der Waals surface area (Å²) in [6.07, 6.45) is 7.16. The number of aromatic nitrogens is 2. The van der Waals surface area contributed by atoms with Crippen LogP contribution in [0.1, 0.15) is 56.0 Å². The van der Waals surface area contributed by atoms with Crippen molar-refractivity contribution in [3.8, 4) is 5.69 Å². The first-order valence-electron chi connectivity index (χ1n) is 10.7. The van der Waals surface area contributed by atoms with Crippen LogP contribution in [0, 0.1) is 13.8 Å². The van der Waals surface area contributed by atoms with Crippen LogP contribution in [0.25, 0.3) is 5.69 Å². The standard InChI is InChI=1S/C24H31N3O3/c1-17-22(18(2)27(26-17)21-12-8-5-9-13-21)16-23(28)30-19(3)24(29)25-15-14-20-10-6-4-7-11-20/h5,8-10,12-13,19H,4,6-7,11,14-16H2,1-3H3,(H,25,29)/t19-/m0/s1. The van der Waals surface area contributed by atoms with E-state index in [4.69, 9.17) is 4.74 Å². The zero-order chi connectivity index (χ0) is 21.5. The Labute approximate surface area is 178 Å². The molecule has 30 heavy (non-hydrogen) atoms. The quantitative estimate of drug-likeness (QED) is 0.529. The molecule has 0 unspecified atom stereocenters. The molecule has 3 rings (SSSR count). The highest BCUT2D eigenvalue weighted by Crippen LogP contribution is 2.20. The second-order valence-electron chi connectivity index (χ2n) is 7.85. The van der Waals surface area contributed by atoms with Crippen LogP contribution in [0.5, 0.6) is 0 Å². The molecule has 1 aliphatic carbocycles. The molecule has 1 N–H and O–H groups in total. The van der Waals surface area contributed by atoms with Gasteiger partial charge >= 0.3 is 5.97 Å². The van der Waals surface area contributed by atoms with E-state index in [1.165, 1.54) is 18.4 Å². The van der Waals surface area contributed by atoms with Gasteiger partial charge in [0.1, 0.15) is 0 Å². The number of hydrogen-bond acceptors (Lipinski definition) is 4. The van der Waals surface area contributed by atoms with Crippen LogP contribution < -0.4 is 5.32 Å². The highest BCUT2D eigenvalue weighted by molar-refractivity contribution is 5.84. The summed E-state index contributed by atoms with van der Waals surface area (Å²) in [5, 5.41) is 7.43. The lowest BCUT2D eigenvalue weighted by atomic mass is 9.97. The molecular weight excluding hydrogens is 378 g/mol. The molecule has 1 aromatic heterocycles. The minimum Gasteiger partial charge on any atom is -0.452 e. The van der Waals surface area contributed by atoms with Crippen molar-refractivity contribution in [1.29, 1.82) is 0 Å². The third kappa shape index (κ3) is 5.59. The van der Waals surface area contributed by atoms with Gasteiger partial charge in [-0.05, 0) is 65.0 Å². The average Bonchev–Trinajstić information content (AvgIpc) is 3.03. The number of amides is 1. The monoisotopic (exact) mass is 409 g/mol. The fourth-order valence-electron chi connectivity index (χ4n) is 3.81. The third-order valence-electron chi connectivity index (χ3n) is 5.57. The summed E-state index contributed by atoms with van der Waals surface area (Å²) in [5.74, 6) is -0.681. The van der Waals surface area contributed by atoms with Gasteiger partial charge in [-0.3, -0.25) is 9.59 Å². The van der Waals surface area contributed by atoms with Gasteiger partial charge in [0.05, 0.1) is 17.8 Å². The molecule has 6 heteroatoms. The van der Waals surface area contributed by atoms with Crippen LogP contribution in [0.3, 0.4) is 0 Å². The SMILES string of the molecule is Cc1nn(-c2ccccc2)c(C)c1CC(=O)O[C@@H](C)C(=O)NCCC1=CCCCC1. The van der Waals surface area contributed by atoms with Gasteiger partial charge in [0.15, 0.2) is 6.10 Å². The number of benzene rings is 1. The van der Waals surface area contributed by atoms with Gasteiger partial charge in [-0.25, -0.2) is 4.68 Å². The second-order valence-corrected chi connectivity index (χ2v) is 7.85.